The molecule has 41 heavy (non-hydrogen) atoms. The van der Waals surface area contributed by atoms with Crippen LogP contribution in [0.3, 0.4) is 0 Å². The number of carbonyl (C=O) groups is 2. The molecule has 0 aromatic carbocycles. The highest BCUT2D eigenvalue weighted by Gasteiger charge is 2.64. The number of nitrogens with one attached hydrogen (secondary N) is 2. The van der Waals surface area contributed by atoms with Crippen LogP contribution in [0.5, 0.6) is 0 Å². The van der Waals surface area contributed by atoms with Gasteiger partial charge in [0.05, 0.1) is 32.0 Å². The number of aromatic nitrogens is 4. The van der Waals surface area contributed by atoms with Gasteiger partial charge in [-0.15, -0.1) is 0 Å². The second-order valence-corrected chi connectivity index (χ2v) is 11.2. The fourth-order valence-electron chi connectivity index (χ4n) is 4.75. The Bertz CT molecular complexity index is 1440. The lowest BCUT2D eigenvalue weighted by atomic mass is 9.96. The highest BCUT2D eigenvalue weighted by Crippen LogP contribution is 2.49. The van der Waals surface area contributed by atoms with E-state index in [2.05, 4.69) is 15.0 Å². The molecule has 3 fully saturated rings. The number of phosphoric acid groups is 1. The van der Waals surface area contributed by atoms with E-state index < -0.39 is 93.3 Å². The number of aliphatic hydroxyl groups excluding tert-OH is 2. The van der Waals surface area contributed by atoms with Gasteiger partial charge < -0.3 is 44.9 Å². The molecule has 5 heterocycles. The van der Waals surface area contributed by atoms with Crippen LogP contribution in [0.15, 0.2) is 17.4 Å². The first kappa shape index (κ1) is 29.6. The monoisotopic (exact) mass is 606 g/mol. The lowest BCUT2D eigenvalue weighted by Gasteiger charge is -2.48. The van der Waals surface area contributed by atoms with Gasteiger partial charge in [-0.1, -0.05) is 0 Å². The first-order chi connectivity index (χ1) is 19.2. The summed E-state index contributed by atoms with van der Waals surface area (Å²) in [6.45, 7) is -0.708. The Morgan fingerprint density at radius 1 is 1.15 bits per heavy atom. The summed E-state index contributed by atoms with van der Waals surface area (Å²) in [7, 11) is -4.95. The predicted molar refractivity (Wildman–Crippen MR) is 127 cm³/mol. The maximum Gasteiger partial charge on any atom is 0.472 e. The lowest BCUT2D eigenvalue weighted by molar-refractivity contribution is -0.347. The largest absolute Gasteiger partial charge is 0.472 e. The topological polar surface area (TPSA) is 288 Å². The fraction of sp³-hybridized carbons (Fsp3) is 0.650. The molecule has 0 radical (unpaired) electrons. The van der Waals surface area contributed by atoms with Crippen molar-refractivity contribution in [2.75, 3.05) is 13.2 Å². The minimum Gasteiger partial charge on any atom is -0.394 e. The van der Waals surface area contributed by atoms with Crippen molar-refractivity contribution in [3.05, 3.63) is 23.0 Å². The van der Waals surface area contributed by atoms with Gasteiger partial charge in [-0.25, -0.2) is 24.2 Å². The maximum absolute atomic E-state index is 12.7. The number of aliphatic hydroxyl groups is 5. The number of imide groups is 1. The molecule has 8 atom stereocenters. The van der Waals surface area contributed by atoms with E-state index in [0.29, 0.717) is 0 Å². The zero-order chi connectivity index (χ0) is 29.9. The number of carbonyl (C=O) groups excluding carboxylic acids is 2. The van der Waals surface area contributed by atoms with Gasteiger partial charge in [0.15, 0.2) is 11.2 Å². The maximum atomic E-state index is 12.7. The summed E-state index contributed by atoms with van der Waals surface area (Å²) in [5.41, 5.74) is -3.13. The van der Waals surface area contributed by atoms with Gasteiger partial charge >= 0.3 is 13.9 Å². The molecule has 5 rings (SSSR count). The minimum absolute atomic E-state index is 0.00350. The molecule has 8 N–H and O–H groups in total. The van der Waals surface area contributed by atoms with Crippen LogP contribution in [0.4, 0.5) is 4.79 Å². The molecule has 3 aliphatic rings. The average molecular weight is 606 g/mol. The van der Waals surface area contributed by atoms with Crippen LogP contribution in [0, 0.1) is 0 Å². The zero-order valence-corrected chi connectivity index (χ0v) is 22.0. The van der Waals surface area contributed by atoms with Gasteiger partial charge in [-0.05, 0) is 6.92 Å². The van der Waals surface area contributed by atoms with Gasteiger partial charge in [-0.2, -0.15) is 0 Å². The Morgan fingerprint density at radius 3 is 2.56 bits per heavy atom. The van der Waals surface area contributed by atoms with Crippen molar-refractivity contribution in [1.82, 2.24) is 29.7 Å². The van der Waals surface area contributed by atoms with Crippen LogP contribution in [-0.4, -0.2) is 122 Å². The highest BCUT2D eigenvalue weighted by molar-refractivity contribution is 7.47. The second kappa shape index (κ2) is 10.4. The number of hydrogen-bond acceptors (Lipinski definition) is 15. The van der Waals surface area contributed by atoms with Crippen molar-refractivity contribution in [3.8, 4) is 0 Å². The fourth-order valence-corrected chi connectivity index (χ4v) is 5.71. The van der Waals surface area contributed by atoms with Gasteiger partial charge in [0.25, 0.3) is 17.4 Å². The summed E-state index contributed by atoms with van der Waals surface area (Å²) in [5, 5.41) is 52.9. The molecule has 3 saturated heterocycles. The first-order valence-electron chi connectivity index (χ1n) is 12.1. The average Bonchev–Trinajstić information content (AvgIpc) is 3.58. The normalized spacial score (nSPS) is 35.1. The predicted octanol–water partition coefficient (Wildman–Crippen LogP) is -3.68. The molecule has 21 heteroatoms. The molecule has 0 saturated carbocycles. The molecule has 0 aliphatic carbocycles. The molecule has 2 aromatic rings. The van der Waals surface area contributed by atoms with Crippen LogP contribution in [0.1, 0.15) is 26.0 Å². The smallest absolute Gasteiger partial charge is 0.394 e. The summed E-state index contributed by atoms with van der Waals surface area (Å²) >= 11 is 0. The van der Waals surface area contributed by atoms with Crippen molar-refractivity contribution >= 4 is 30.9 Å². The number of urea groups is 1. The molecule has 0 bridgehead atoms. The number of fused-ring (bicyclic) bond motifs is 1. The Kier molecular flexibility index (Phi) is 7.54. The zero-order valence-electron chi connectivity index (χ0n) is 21.1. The number of aromatic amines is 1. The van der Waals surface area contributed by atoms with Gasteiger partial charge in [-0.3, -0.25) is 28.5 Å². The van der Waals surface area contributed by atoms with Crippen molar-refractivity contribution in [2.24, 2.45) is 0 Å². The highest BCUT2D eigenvalue weighted by atomic mass is 31.2. The Hall–Kier alpha value is -2.88. The molecule has 0 spiro atoms. The molecule has 20 nitrogen and oxygen atoms in total. The van der Waals surface area contributed by atoms with Crippen molar-refractivity contribution in [3.63, 3.8) is 0 Å². The molecule has 226 valence electrons. The van der Waals surface area contributed by atoms with Crippen LogP contribution in [0.25, 0.3) is 11.2 Å². The summed E-state index contributed by atoms with van der Waals surface area (Å²) < 4.78 is 35.4. The number of hydrogen-bond donors (Lipinski definition) is 8. The Balaban J connectivity index is 1.22. The molecular weight excluding hydrogens is 579 g/mol. The van der Waals surface area contributed by atoms with Crippen LogP contribution in [0.2, 0.25) is 0 Å². The van der Waals surface area contributed by atoms with E-state index >= 15 is 0 Å². The number of phosphoric ester groups is 1. The van der Waals surface area contributed by atoms with E-state index in [1.54, 1.807) is 5.32 Å². The van der Waals surface area contributed by atoms with Crippen molar-refractivity contribution in [1.29, 1.82) is 0 Å². The molecule has 2 aromatic heterocycles. The van der Waals surface area contributed by atoms with Crippen LogP contribution >= 0.6 is 7.82 Å². The number of imidazole rings is 1. The number of rotatable bonds is 8. The van der Waals surface area contributed by atoms with Gasteiger partial charge in [0, 0.05) is 12.8 Å². The molecule has 3 amide bonds. The van der Waals surface area contributed by atoms with E-state index in [9.17, 15) is 49.4 Å². The Morgan fingerprint density at radius 2 is 1.85 bits per heavy atom. The number of ether oxygens (including phenoxy) is 2. The third-order valence-corrected chi connectivity index (χ3v) is 8.08. The summed E-state index contributed by atoms with van der Waals surface area (Å²) in [5.74, 6) is -4.85. The van der Waals surface area contributed by atoms with E-state index in [4.69, 9.17) is 18.5 Å². The quantitative estimate of drug-likeness (QED) is 0.106. The third-order valence-electron chi connectivity index (χ3n) is 7.07. The van der Waals surface area contributed by atoms with E-state index in [0.717, 1.165) is 6.92 Å². The van der Waals surface area contributed by atoms with Crippen LogP contribution in [-0.2, 0) is 27.9 Å². The SMILES string of the molecule is CC1(O)C(=O)NC(=O)N([C@H]2C[C@H](OP(=O)(O)OC[C@H]3O[C@@H](n4cnc5c(=O)[nH]cnc54)C[C@@H]3O)[C@@H](CO)O2)C1(O)O. The van der Waals surface area contributed by atoms with E-state index in [-0.39, 0.29) is 22.5 Å². The summed E-state index contributed by atoms with van der Waals surface area (Å²) in [4.78, 5) is 57.0. The lowest BCUT2D eigenvalue weighted by Crippen LogP contribution is -2.78. The number of H-pyrrole nitrogens is 1. The standard InChI is InChI=1S/C20H27N6O14P/c1-19(32)17(30)24-18(31)26(20(19,33)34)13-3-9(10(4-27)38-13)40-41(35,36)37-5-11-8(28)2-12(39-11)25-7-23-14-15(25)21-6-22-16(14)29/h6-13,27-28,32-34H,2-5H2,1H3,(H,35,36)(H,21,22,29)(H,24,30,31)/t8-,9-,10+,11+,12+,13+,19?/m0/s1. The van der Waals surface area contributed by atoms with E-state index in [1.165, 1.54) is 17.2 Å². The number of amides is 3. The minimum atomic E-state index is -4.95. The molecule has 2 unspecified atom stereocenters. The first-order valence-corrected chi connectivity index (χ1v) is 13.6. The third kappa shape index (κ3) is 5.17. The second-order valence-electron chi connectivity index (χ2n) is 9.78. The van der Waals surface area contributed by atoms with E-state index in [1.807, 2.05) is 0 Å². The molecular formula is C20H27N6O14P. The molecule has 3 aliphatic heterocycles. The summed E-state index contributed by atoms with van der Waals surface area (Å²) in [6, 6.07) is -1.36. The van der Waals surface area contributed by atoms with Crippen LogP contribution < -0.4 is 10.9 Å². The Labute approximate surface area is 228 Å². The van der Waals surface area contributed by atoms with Gasteiger partial charge in [0.1, 0.15) is 30.8 Å². The van der Waals surface area contributed by atoms with Gasteiger partial charge in [0.2, 0.25) is 5.60 Å². The van der Waals surface area contributed by atoms with Crippen molar-refractivity contribution in [2.45, 2.75) is 68.1 Å². The summed E-state index contributed by atoms with van der Waals surface area (Å²) in [6.07, 6.45) is -5.64. The number of nitrogens with zero attached hydrogens (tertiary/aromatic N) is 4. The van der Waals surface area contributed by atoms with Crippen molar-refractivity contribution < 1.29 is 63.1 Å².